The molecule has 25 heavy (non-hydrogen) atoms. The van der Waals surface area contributed by atoms with Crippen LogP contribution in [-0.2, 0) is 16.6 Å². The Bertz CT molecular complexity index is 798. The molecule has 132 valence electrons. The topological polar surface area (TPSA) is 29.1 Å². The number of halogens is 2. The minimum atomic E-state index is -0.585. The average Bonchev–Trinajstić information content (AvgIpc) is 3.10. The molecule has 1 saturated carbocycles. The van der Waals surface area contributed by atoms with Gasteiger partial charge in [-0.15, -0.1) is 0 Å². The third kappa shape index (κ3) is 3.44. The fourth-order valence-electron chi connectivity index (χ4n) is 3.65. The highest BCUT2D eigenvalue weighted by Crippen LogP contribution is 2.64. The summed E-state index contributed by atoms with van der Waals surface area (Å²) in [4.78, 5) is 12.3. The van der Waals surface area contributed by atoms with Crippen LogP contribution < -0.4 is 5.32 Å². The van der Waals surface area contributed by atoms with Gasteiger partial charge in [-0.25, -0.2) is 8.78 Å². The van der Waals surface area contributed by atoms with Crippen molar-refractivity contribution in [3.8, 4) is 0 Å². The number of benzene rings is 2. The molecule has 2 nitrogen and oxygen atoms in total. The second kappa shape index (κ2) is 6.25. The Labute approximate surface area is 147 Å². The maximum atomic E-state index is 14.3. The van der Waals surface area contributed by atoms with Crippen molar-refractivity contribution in [2.75, 3.05) is 6.54 Å². The van der Waals surface area contributed by atoms with Crippen molar-refractivity contribution in [3.05, 3.63) is 70.8 Å². The van der Waals surface area contributed by atoms with E-state index in [1.165, 1.54) is 12.1 Å². The third-order valence-electron chi connectivity index (χ3n) is 5.43. The summed E-state index contributed by atoms with van der Waals surface area (Å²) < 4.78 is 27.5. The molecular formula is C21H23F2NO. The Morgan fingerprint density at radius 2 is 1.76 bits per heavy atom. The van der Waals surface area contributed by atoms with E-state index in [4.69, 9.17) is 0 Å². The van der Waals surface area contributed by atoms with Crippen molar-refractivity contribution < 1.29 is 13.6 Å². The van der Waals surface area contributed by atoms with Gasteiger partial charge in [0.05, 0.1) is 6.42 Å². The molecule has 2 aromatic carbocycles. The van der Waals surface area contributed by atoms with E-state index >= 15 is 0 Å². The van der Waals surface area contributed by atoms with Gasteiger partial charge in [0.25, 0.3) is 0 Å². The summed E-state index contributed by atoms with van der Waals surface area (Å²) in [6.07, 6.45) is 1.05. The van der Waals surface area contributed by atoms with Crippen LogP contribution in [0.25, 0.3) is 0 Å². The van der Waals surface area contributed by atoms with Crippen LogP contribution in [0.5, 0.6) is 0 Å². The first-order chi connectivity index (χ1) is 11.7. The predicted octanol–water partition coefficient (Wildman–Crippen LogP) is 4.30. The second-order valence-electron chi connectivity index (χ2n) is 7.71. The predicted molar refractivity (Wildman–Crippen MR) is 94.3 cm³/mol. The van der Waals surface area contributed by atoms with Gasteiger partial charge in [0.15, 0.2) is 0 Å². The van der Waals surface area contributed by atoms with Crippen molar-refractivity contribution in [2.45, 2.75) is 39.0 Å². The lowest BCUT2D eigenvalue weighted by atomic mass is 9.87. The maximum absolute atomic E-state index is 14.3. The molecule has 0 bridgehead atoms. The van der Waals surface area contributed by atoms with E-state index in [2.05, 4.69) is 5.32 Å². The van der Waals surface area contributed by atoms with Crippen LogP contribution in [0.3, 0.4) is 0 Å². The fraction of sp³-hybridized carbons (Fsp3) is 0.381. The van der Waals surface area contributed by atoms with Gasteiger partial charge in [0.2, 0.25) is 5.91 Å². The molecule has 0 aliphatic heterocycles. The zero-order chi connectivity index (χ0) is 18.2. The molecule has 0 spiro atoms. The first-order valence-corrected chi connectivity index (χ1v) is 8.51. The van der Waals surface area contributed by atoms with Crippen molar-refractivity contribution in [3.63, 3.8) is 0 Å². The lowest BCUT2D eigenvalue weighted by molar-refractivity contribution is -0.120. The van der Waals surface area contributed by atoms with E-state index in [-0.39, 0.29) is 11.3 Å². The van der Waals surface area contributed by atoms with Crippen molar-refractivity contribution in [2.24, 2.45) is 5.41 Å². The molecule has 0 radical (unpaired) electrons. The molecule has 3 rings (SSSR count). The molecule has 1 aliphatic carbocycles. The van der Waals surface area contributed by atoms with Crippen LogP contribution in [0, 0.1) is 24.0 Å². The third-order valence-corrected chi connectivity index (χ3v) is 5.43. The van der Waals surface area contributed by atoms with Crippen molar-refractivity contribution in [1.29, 1.82) is 0 Å². The number of aryl methyl sites for hydroxylation is 1. The zero-order valence-electron chi connectivity index (χ0n) is 14.8. The molecule has 0 aromatic heterocycles. The summed E-state index contributed by atoms with van der Waals surface area (Å²) >= 11 is 0. The van der Waals surface area contributed by atoms with Crippen LogP contribution in [0.15, 0.2) is 42.5 Å². The van der Waals surface area contributed by atoms with Crippen molar-refractivity contribution >= 4 is 5.91 Å². The van der Waals surface area contributed by atoms with E-state index in [0.717, 1.165) is 23.6 Å². The summed E-state index contributed by atoms with van der Waals surface area (Å²) in [5, 5.41) is 2.95. The minimum Gasteiger partial charge on any atom is -0.355 e. The molecule has 1 amide bonds. The Balaban J connectivity index is 1.71. The molecule has 1 aliphatic rings. The van der Waals surface area contributed by atoms with E-state index in [0.29, 0.717) is 18.5 Å². The molecule has 0 heterocycles. The standard InChI is InChI=1S/C21H23F2NO/c1-14-4-6-15(7-5-14)10-19(25)24-13-21(12-20(21,2)3)17-9-8-16(22)11-18(17)23/h4-9,11H,10,12-13H2,1-3H3,(H,24,25). The lowest BCUT2D eigenvalue weighted by Crippen LogP contribution is -2.36. The SMILES string of the molecule is Cc1ccc(CC(=O)NCC2(c3ccc(F)cc3F)CC2(C)C)cc1. The van der Waals surface area contributed by atoms with Gasteiger partial charge in [-0.1, -0.05) is 49.7 Å². The van der Waals surface area contributed by atoms with E-state index in [1.54, 1.807) is 0 Å². The quantitative estimate of drug-likeness (QED) is 0.862. The summed E-state index contributed by atoms with van der Waals surface area (Å²) in [5.74, 6) is -1.22. The van der Waals surface area contributed by atoms with E-state index < -0.39 is 17.0 Å². The molecule has 4 heteroatoms. The summed E-state index contributed by atoms with van der Waals surface area (Å²) in [7, 11) is 0. The number of carbonyl (C=O) groups is 1. The highest BCUT2D eigenvalue weighted by atomic mass is 19.1. The van der Waals surface area contributed by atoms with Crippen molar-refractivity contribution in [1.82, 2.24) is 5.32 Å². The zero-order valence-corrected chi connectivity index (χ0v) is 14.8. The van der Waals surface area contributed by atoms with Gasteiger partial charge in [-0.2, -0.15) is 0 Å². The molecule has 1 unspecified atom stereocenters. The van der Waals surface area contributed by atoms with Gasteiger partial charge in [0, 0.05) is 18.0 Å². The number of nitrogens with one attached hydrogen (secondary N) is 1. The minimum absolute atomic E-state index is 0.0894. The number of carbonyl (C=O) groups excluding carboxylic acids is 1. The lowest BCUT2D eigenvalue weighted by Gasteiger charge is -2.22. The number of rotatable bonds is 5. The maximum Gasteiger partial charge on any atom is 0.224 e. The van der Waals surface area contributed by atoms with Gasteiger partial charge < -0.3 is 5.32 Å². The number of hydrogen-bond acceptors (Lipinski definition) is 1. The van der Waals surface area contributed by atoms with Crippen LogP contribution >= 0.6 is 0 Å². The molecule has 2 aromatic rings. The summed E-state index contributed by atoms with van der Waals surface area (Å²) in [5.41, 5.74) is 1.96. The normalized spacial score (nSPS) is 21.0. The highest BCUT2D eigenvalue weighted by molar-refractivity contribution is 5.78. The van der Waals surface area contributed by atoms with Crippen LogP contribution in [0.1, 0.15) is 37.0 Å². The molecule has 1 fully saturated rings. The highest BCUT2D eigenvalue weighted by Gasteiger charge is 2.62. The first kappa shape index (κ1) is 17.6. The largest absolute Gasteiger partial charge is 0.355 e. The Kier molecular flexibility index (Phi) is 4.40. The molecule has 1 atom stereocenters. The number of amides is 1. The Hall–Kier alpha value is -2.23. The second-order valence-corrected chi connectivity index (χ2v) is 7.71. The molecule has 1 N–H and O–H groups in total. The monoisotopic (exact) mass is 343 g/mol. The first-order valence-electron chi connectivity index (χ1n) is 8.51. The molecule has 0 saturated heterocycles. The van der Waals surface area contributed by atoms with Crippen LogP contribution in [0.2, 0.25) is 0 Å². The van der Waals surface area contributed by atoms with Gasteiger partial charge in [-0.3, -0.25) is 4.79 Å². The fourth-order valence-corrected chi connectivity index (χ4v) is 3.65. The van der Waals surface area contributed by atoms with Gasteiger partial charge in [-0.05, 0) is 36.0 Å². The van der Waals surface area contributed by atoms with E-state index in [9.17, 15) is 13.6 Å². The van der Waals surface area contributed by atoms with Crippen LogP contribution in [-0.4, -0.2) is 12.5 Å². The van der Waals surface area contributed by atoms with Crippen LogP contribution in [0.4, 0.5) is 8.78 Å². The Morgan fingerprint density at radius 3 is 2.32 bits per heavy atom. The number of hydrogen-bond donors (Lipinski definition) is 1. The summed E-state index contributed by atoms with van der Waals surface area (Å²) in [6.45, 7) is 6.44. The van der Waals surface area contributed by atoms with E-state index in [1.807, 2.05) is 45.0 Å². The van der Waals surface area contributed by atoms with Gasteiger partial charge in [0.1, 0.15) is 11.6 Å². The van der Waals surface area contributed by atoms with Gasteiger partial charge >= 0.3 is 0 Å². The average molecular weight is 343 g/mol. The Morgan fingerprint density at radius 1 is 1.12 bits per heavy atom. The smallest absolute Gasteiger partial charge is 0.224 e. The summed E-state index contributed by atoms with van der Waals surface area (Å²) in [6, 6.07) is 11.5. The molecular weight excluding hydrogens is 320 g/mol.